The zero-order valence-electron chi connectivity index (χ0n) is 34.8. The van der Waals surface area contributed by atoms with E-state index in [1.54, 1.807) is 6.08 Å². The molecule has 2 atom stereocenters. The van der Waals surface area contributed by atoms with Gasteiger partial charge in [0, 0.05) is 6.42 Å². The van der Waals surface area contributed by atoms with Crippen molar-refractivity contribution in [3.8, 4) is 0 Å². The van der Waals surface area contributed by atoms with E-state index in [2.05, 4.69) is 92.1 Å². The van der Waals surface area contributed by atoms with Crippen LogP contribution < -0.4 is 5.32 Å². The molecule has 0 aliphatic rings. The Morgan fingerprint density at radius 2 is 0.830 bits per heavy atom. The van der Waals surface area contributed by atoms with E-state index in [1.807, 2.05) is 6.08 Å². The minimum atomic E-state index is -0.841. The average molecular weight is 736 g/mol. The van der Waals surface area contributed by atoms with Crippen molar-refractivity contribution in [2.24, 2.45) is 0 Å². The van der Waals surface area contributed by atoms with Gasteiger partial charge in [-0.25, -0.2) is 0 Å². The van der Waals surface area contributed by atoms with E-state index in [0.717, 1.165) is 64.2 Å². The molecule has 0 rings (SSSR count). The van der Waals surface area contributed by atoms with E-state index in [4.69, 9.17) is 0 Å². The quantitative estimate of drug-likeness (QED) is 0.0435. The lowest BCUT2D eigenvalue weighted by atomic mass is 10.0. The minimum absolute atomic E-state index is 0.0723. The normalized spacial score (nSPS) is 13.8. The van der Waals surface area contributed by atoms with E-state index in [9.17, 15) is 15.0 Å². The molecule has 1 amide bonds. The van der Waals surface area contributed by atoms with Crippen LogP contribution >= 0.6 is 0 Å². The molecular weight excluding hydrogens is 651 g/mol. The predicted molar refractivity (Wildman–Crippen MR) is 234 cm³/mol. The second-order valence-corrected chi connectivity index (χ2v) is 14.7. The van der Waals surface area contributed by atoms with Gasteiger partial charge in [0.15, 0.2) is 0 Å². The first-order valence-corrected chi connectivity index (χ1v) is 22.3. The Bertz CT molecular complexity index is 972. The summed E-state index contributed by atoms with van der Waals surface area (Å²) in [6.07, 6.45) is 64.1. The summed E-state index contributed by atoms with van der Waals surface area (Å²) in [5, 5.41) is 22.9. The van der Waals surface area contributed by atoms with Gasteiger partial charge in [0.05, 0.1) is 18.8 Å². The zero-order valence-corrected chi connectivity index (χ0v) is 34.8. The fraction of sp³-hybridized carbons (Fsp3) is 0.694. The molecule has 0 aromatic heterocycles. The topological polar surface area (TPSA) is 69.6 Å². The largest absolute Gasteiger partial charge is 0.394 e. The maximum Gasteiger partial charge on any atom is 0.220 e. The second-order valence-electron chi connectivity index (χ2n) is 14.7. The van der Waals surface area contributed by atoms with Crippen molar-refractivity contribution in [2.75, 3.05) is 6.61 Å². The molecule has 2 unspecified atom stereocenters. The Balaban J connectivity index is 3.55. The molecule has 0 heterocycles. The molecule has 0 saturated carbocycles. The van der Waals surface area contributed by atoms with Crippen molar-refractivity contribution < 1.29 is 15.0 Å². The number of aliphatic hydroxyl groups excluding tert-OH is 2. The van der Waals surface area contributed by atoms with Crippen molar-refractivity contribution in [1.82, 2.24) is 5.32 Å². The standard InChI is InChI=1S/C49H85NO3/c1-3-5-7-9-11-13-15-16-17-18-19-20-21-22-23-24-25-26-27-28-29-30-31-32-33-34-35-37-39-41-43-45-49(53)50-47(46-51)48(52)44-42-40-38-36-14-12-10-8-6-4-2/h5,7,11,13,16-17,19-20,22-23,25-26,42,44,47-48,51-52H,3-4,6,8-10,12,14-15,18,21,24,27-41,43,45-46H2,1-2H3,(H,50,53)/b7-5-,13-11-,17-16-,20-19-,23-22-,26-25-,44-42+. The fourth-order valence-corrected chi connectivity index (χ4v) is 6.24. The summed E-state index contributed by atoms with van der Waals surface area (Å²) in [5.74, 6) is -0.0723. The number of carbonyl (C=O) groups excluding carboxylic acids is 1. The molecule has 0 aliphatic heterocycles. The molecule has 0 spiro atoms. The maximum atomic E-state index is 12.4. The van der Waals surface area contributed by atoms with Gasteiger partial charge in [-0.1, -0.05) is 208 Å². The van der Waals surface area contributed by atoms with E-state index < -0.39 is 12.1 Å². The first kappa shape index (κ1) is 50.6. The molecule has 0 aliphatic carbocycles. The third kappa shape index (κ3) is 40.6. The van der Waals surface area contributed by atoms with Crippen LogP contribution in [0.25, 0.3) is 0 Å². The maximum absolute atomic E-state index is 12.4. The van der Waals surface area contributed by atoms with Gasteiger partial charge in [-0.2, -0.15) is 0 Å². The molecule has 0 radical (unpaired) electrons. The lowest BCUT2D eigenvalue weighted by Gasteiger charge is -2.20. The van der Waals surface area contributed by atoms with Gasteiger partial charge in [0.1, 0.15) is 0 Å². The van der Waals surface area contributed by atoms with Crippen LogP contribution in [-0.2, 0) is 4.79 Å². The number of amides is 1. The summed E-state index contributed by atoms with van der Waals surface area (Å²) in [7, 11) is 0. The van der Waals surface area contributed by atoms with Crippen molar-refractivity contribution >= 4 is 5.91 Å². The van der Waals surface area contributed by atoms with Crippen LogP contribution in [0.5, 0.6) is 0 Å². The monoisotopic (exact) mass is 736 g/mol. The van der Waals surface area contributed by atoms with Crippen molar-refractivity contribution in [2.45, 2.75) is 212 Å². The van der Waals surface area contributed by atoms with Crippen LogP contribution in [0.1, 0.15) is 200 Å². The van der Waals surface area contributed by atoms with E-state index >= 15 is 0 Å². The molecule has 3 N–H and O–H groups in total. The Labute approximate surface area is 329 Å². The van der Waals surface area contributed by atoms with Crippen LogP contribution in [0.4, 0.5) is 0 Å². The highest BCUT2D eigenvalue weighted by Gasteiger charge is 2.17. The number of allylic oxidation sites excluding steroid dienone is 13. The number of carbonyl (C=O) groups is 1. The highest BCUT2D eigenvalue weighted by atomic mass is 16.3. The van der Waals surface area contributed by atoms with Gasteiger partial charge in [-0.15, -0.1) is 0 Å². The number of hydrogen-bond acceptors (Lipinski definition) is 3. The third-order valence-electron chi connectivity index (χ3n) is 9.63. The predicted octanol–water partition coefficient (Wildman–Crippen LogP) is 14.1. The Kier molecular flexibility index (Phi) is 42.0. The summed E-state index contributed by atoms with van der Waals surface area (Å²) in [6, 6.07) is -0.625. The number of rotatable bonds is 39. The second kappa shape index (κ2) is 44.0. The zero-order chi connectivity index (χ0) is 38.6. The summed E-state index contributed by atoms with van der Waals surface area (Å²) in [6.45, 7) is 4.16. The van der Waals surface area contributed by atoms with Crippen molar-refractivity contribution in [3.05, 3.63) is 85.1 Å². The van der Waals surface area contributed by atoms with Crippen LogP contribution in [0.3, 0.4) is 0 Å². The van der Waals surface area contributed by atoms with Gasteiger partial charge in [0.2, 0.25) is 5.91 Å². The minimum Gasteiger partial charge on any atom is -0.394 e. The van der Waals surface area contributed by atoms with Crippen LogP contribution in [0, 0.1) is 0 Å². The van der Waals surface area contributed by atoms with Crippen LogP contribution in [0.2, 0.25) is 0 Å². The summed E-state index contributed by atoms with van der Waals surface area (Å²) < 4.78 is 0. The average Bonchev–Trinajstić information content (AvgIpc) is 3.16. The van der Waals surface area contributed by atoms with Crippen molar-refractivity contribution in [3.63, 3.8) is 0 Å². The summed E-state index contributed by atoms with van der Waals surface area (Å²) in [5.41, 5.74) is 0. The van der Waals surface area contributed by atoms with Crippen LogP contribution in [0.15, 0.2) is 85.1 Å². The van der Waals surface area contributed by atoms with E-state index in [-0.39, 0.29) is 12.5 Å². The number of hydrogen-bond donors (Lipinski definition) is 3. The summed E-state index contributed by atoms with van der Waals surface area (Å²) >= 11 is 0. The Morgan fingerprint density at radius 3 is 1.25 bits per heavy atom. The number of aliphatic hydroxyl groups is 2. The molecule has 0 bridgehead atoms. The van der Waals surface area contributed by atoms with Gasteiger partial charge in [0.25, 0.3) is 0 Å². The Morgan fingerprint density at radius 1 is 0.472 bits per heavy atom. The molecule has 0 fully saturated rings. The van der Waals surface area contributed by atoms with E-state index in [0.29, 0.717) is 6.42 Å². The first-order chi connectivity index (χ1) is 26.2. The molecule has 0 aromatic carbocycles. The van der Waals surface area contributed by atoms with Gasteiger partial charge >= 0.3 is 0 Å². The lowest BCUT2D eigenvalue weighted by molar-refractivity contribution is -0.123. The molecule has 4 heteroatoms. The van der Waals surface area contributed by atoms with Gasteiger partial charge < -0.3 is 15.5 Å². The third-order valence-corrected chi connectivity index (χ3v) is 9.63. The first-order valence-electron chi connectivity index (χ1n) is 22.3. The van der Waals surface area contributed by atoms with E-state index in [1.165, 1.54) is 116 Å². The summed E-state index contributed by atoms with van der Waals surface area (Å²) in [4.78, 5) is 12.4. The fourth-order valence-electron chi connectivity index (χ4n) is 6.24. The smallest absolute Gasteiger partial charge is 0.220 e. The molecule has 304 valence electrons. The van der Waals surface area contributed by atoms with Crippen LogP contribution in [-0.4, -0.2) is 34.9 Å². The Hall–Kier alpha value is -2.43. The van der Waals surface area contributed by atoms with Gasteiger partial charge in [-0.3, -0.25) is 4.79 Å². The molecule has 4 nitrogen and oxygen atoms in total. The number of nitrogens with one attached hydrogen (secondary N) is 1. The lowest BCUT2D eigenvalue weighted by Crippen LogP contribution is -2.45. The van der Waals surface area contributed by atoms with Gasteiger partial charge in [-0.05, 0) is 70.6 Å². The molecule has 0 saturated heterocycles. The van der Waals surface area contributed by atoms with Crippen molar-refractivity contribution in [1.29, 1.82) is 0 Å². The highest BCUT2D eigenvalue weighted by Crippen LogP contribution is 2.14. The highest BCUT2D eigenvalue weighted by molar-refractivity contribution is 5.76. The molecule has 0 aromatic rings. The molecular formula is C49H85NO3. The molecule has 53 heavy (non-hydrogen) atoms. The SMILES string of the molecule is CC/C=C\C/C=C\C/C=C\C/C=C\C/C=C\C/C=C\CCCCCCCCCCCCCCC(=O)NC(CO)C(O)/C=C/CCCCCCCCCC. The number of unbranched alkanes of at least 4 members (excludes halogenated alkanes) is 20.